The predicted octanol–water partition coefficient (Wildman–Crippen LogP) is 5.27. The van der Waals surface area contributed by atoms with Gasteiger partial charge in [-0.1, -0.05) is 18.5 Å². The molecule has 2 aromatic rings. The zero-order valence-electron chi connectivity index (χ0n) is 14.2. The van der Waals surface area contributed by atoms with E-state index >= 15 is 0 Å². The van der Waals surface area contributed by atoms with Crippen molar-refractivity contribution in [1.29, 1.82) is 0 Å². The van der Waals surface area contributed by atoms with Crippen LogP contribution < -0.4 is 5.32 Å². The molecule has 0 radical (unpaired) electrons. The average Bonchev–Trinajstić information content (AvgIpc) is 2.95. The Bertz CT molecular complexity index is 798. The smallest absolute Gasteiger partial charge is 0.341 e. The molecule has 4 nitrogen and oxygen atoms in total. The molecule has 0 saturated heterocycles. The van der Waals surface area contributed by atoms with E-state index in [4.69, 9.17) is 16.3 Å². The van der Waals surface area contributed by atoms with Gasteiger partial charge >= 0.3 is 5.97 Å². The fourth-order valence-corrected chi connectivity index (χ4v) is 4.65. The van der Waals surface area contributed by atoms with E-state index in [0.717, 1.165) is 24.8 Å². The number of anilines is 1. The van der Waals surface area contributed by atoms with Crippen LogP contribution in [0.1, 0.15) is 63.8 Å². The average molecular weight is 378 g/mol. The topological polar surface area (TPSA) is 55.4 Å². The second-order valence-electron chi connectivity index (χ2n) is 6.12. The number of halogens is 1. The molecule has 1 amide bonds. The first-order valence-corrected chi connectivity index (χ1v) is 9.60. The van der Waals surface area contributed by atoms with Crippen LogP contribution in [0.25, 0.3) is 0 Å². The maximum Gasteiger partial charge on any atom is 0.341 e. The maximum atomic E-state index is 12.6. The van der Waals surface area contributed by atoms with Gasteiger partial charge in [-0.3, -0.25) is 4.79 Å². The van der Waals surface area contributed by atoms with Crippen molar-refractivity contribution < 1.29 is 14.3 Å². The third-order valence-electron chi connectivity index (χ3n) is 4.37. The monoisotopic (exact) mass is 377 g/mol. The Morgan fingerprint density at radius 3 is 2.72 bits per heavy atom. The van der Waals surface area contributed by atoms with Crippen molar-refractivity contribution in [3.05, 3.63) is 50.9 Å². The Balaban J connectivity index is 1.96. The van der Waals surface area contributed by atoms with E-state index < -0.39 is 0 Å². The van der Waals surface area contributed by atoms with Gasteiger partial charge in [0.1, 0.15) is 5.00 Å². The van der Waals surface area contributed by atoms with Gasteiger partial charge in [0, 0.05) is 15.5 Å². The molecule has 0 spiro atoms. The Kier molecular flexibility index (Phi) is 5.45. The summed E-state index contributed by atoms with van der Waals surface area (Å²) in [5, 5.41) is 4.05. The third-order valence-corrected chi connectivity index (χ3v) is 5.80. The quantitative estimate of drug-likeness (QED) is 0.738. The largest absolute Gasteiger partial charge is 0.462 e. The molecule has 0 saturated carbocycles. The van der Waals surface area contributed by atoms with Gasteiger partial charge < -0.3 is 10.1 Å². The molecule has 1 aromatic heterocycles. The molecule has 3 rings (SSSR count). The number of benzene rings is 1. The number of carbonyl (C=O) groups is 2. The number of thiophene rings is 1. The first-order chi connectivity index (χ1) is 12.0. The van der Waals surface area contributed by atoms with Crippen LogP contribution in [0, 0.1) is 0 Å². The lowest BCUT2D eigenvalue weighted by atomic mass is 9.86. The molecule has 132 valence electrons. The Hall–Kier alpha value is -1.85. The number of amides is 1. The molecule has 1 aliphatic carbocycles. The van der Waals surface area contributed by atoms with E-state index in [1.54, 1.807) is 31.2 Å². The van der Waals surface area contributed by atoms with E-state index in [2.05, 4.69) is 12.2 Å². The summed E-state index contributed by atoms with van der Waals surface area (Å²) in [5.74, 6) is -0.325. The molecular formula is C19H20ClNO3S. The van der Waals surface area contributed by atoms with Gasteiger partial charge in [0.05, 0.1) is 12.2 Å². The van der Waals surface area contributed by atoms with Crippen molar-refractivity contribution >= 4 is 39.8 Å². The van der Waals surface area contributed by atoms with E-state index in [1.165, 1.54) is 16.2 Å². The van der Waals surface area contributed by atoms with Crippen LogP contribution >= 0.6 is 22.9 Å². The number of hydrogen-bond acceptors (Lipinski definition) is 4. The van der Waals surface area contributed by atoms with Crippen LogP contribution in [0.3, 0.4) is 0 Å². The van der Waals surface area contributed by atoms with Crippen molar-refractivity contribution in [3.8, 4) is 0 Å². The zero-order chi connectivity index (χ0) is 18.0. The molecule has 0 aliphatic heterocycles. The summed E-state index contributed by atoms with van der Waals surface area (Å²) in [6.45, 7) is 4.22. The van der Waals surface area contributed by atoms with Crippen molar-refractivity contribution in [2.24, 2.45) is 0 Å². The molecule has 1 unspecified atom stereocenters. The van der Waals surface area contributed by atoms with Gasteiger partial charge in [0.2, 0.25) is 0 Å². The molecule has 0 fully saturated rings. The van der Waals surface area contributed by atoms with Crippen LogP contribution in [0.4, 0.5) is 5.00 Å². The molecule has 0 bridgehead atoms. The number of hydrogen-bond donors (Lipinski definition) is 1. The second kappa shape index (κ2) is 7.58. The lowest BCUT2D eigenvalue weighted by Crippen LogP contribution is -2.16. The van der Waals surface area contributed by atoms with Crippen molar-refractivity contribution in [2.75, 3.05) is 11.9 Å². The van der Waals surface area contributed by atoms with Gasteiger partial charge in [-0.05, 0) is 61.9 Å². The Labute approximate surface area is 156 Å². The summed E-state index contributed by atoms with van der Waals surface area (Å²) < 4.78 is 5.24. The SMILES string of the molecule is CCOC(=O)c1c(NC(=O)c2ccc(Cl)cc2)sc2c1C(C)CCC2. The Morgan fingerprint density at radius 1 is 1.32 bits per heavy atom. The summed E-state index contributed by atoms with van der Waals surface area (Å²) in [6, 6.07) is 6.67. The highest BCUT2D eigenvalue weighted by molar-refractivity contribution is 7.17. The van der Waals surface area contributed by atoms with Crippen LogP contribution in [-0.4, -0.2) is 18.5 Å². The van der Waals surface area contributed by atoms with Crippen molar-refractivity contribution in [3.63, 3.8) is 0 Å². The van der Waals surface area contributed by atoms with Gasteiger partial charge in [0.15, 0.2) is 0 Å². The summed E-state index contributed by atoms with van der Waals surface area (Å²) in [7, 11) is 0. The number of aryl methyl sites for hydroxylation is 1. The summed E-state index contributed by atoms with van der Waals surface area (Å²) in [5.41, 5.74) is 2.07. The maximum absolute atomic E-state index is 12.6. The van der Waals surface area contributed by atoms with Gasteiger partial charge in [-0.2, -0.15) is 0 Å². The fourth-order valence-electron chi connectivity index (χ4n) is 3.18. The second-order valence-corrected chi connectivity index (χ2v) is 7.66. The minimum absolute atomic E-state index is 0.256. The van der Waals surface area contributed by atoms with Crippen molar-refractivity contribution in [2.45, 2.75) is 39.0 Å². The highest BCUT2D eigenvalue weighted by Crippen LogP contribution is 2.43. The fraction of sp³-hybridized carbons (Fsp3) is 0.368. The first-order valence-electron chi connectivity index (χ1n) is 8.40. The van der Waals surface area contributed by atoms with Crippen LogP contribution in [0.5, 0.6) is 0 Å². The van der Waals surface area contributed by atoms with Crippen LogP contribution in [0.2, 0.25) is 5.02 Å². The molecular weight excluding hydrogens is 358 g/mol. The number of fused-ring (bicyclic) bond motifs is 1. The normalized spacial score (nSPS) is 16.2. The van der Waals surface area contributed by atoms with E-state index in [1.807, 2.05) is 0 Å². The molecule has 1 atom stereocenters. The van der Waals surface area contributed by atoms with Crippen molar-refractivity contribution in [1.82, 2.24) is 0 Å². The molecule has 25 heavy (non-hydrogen) atoms. The van der Waals surface area contributed by atoms with Crippen LogP contribution in [-0.2, 0) is 11.2 Å². The standard InChI is InChI=1S/C19H20ClNO3S/c1-3-24-19(23)16-15-11(2)5-4-6-14(15)25-18(16)21-17(22)12-7-9-13(20)10-8-12/h7-11H,3-6H2,1-2H3,(H,21,22). The van der Waals surface area contributed by atoms with Gasteiger partial charge in [0.25, 0.3) is 5.91 Å². The number of esters is 1. The van der Waals surface area contributed by atoms with Gasteiger partial charge in [-0.25, -0.2) is 4.79 Å². The minimum atomic E-state index is -0.361. The first kappa shape index (κ1) is 18.0. The lowest BCUT2D eigenvalue weighted by Gasteiger charge is -2.19. The molecule has 1 heterocycles. The molecule has 1 aliphatic rings. The molecule has 1 aromatic carbocycles. The summed E-state index contributed by atoms with van der Waals surface area (Å²) in [6.07, 6.45) is 3.08. The zero-order valence-corrected chi connectivity index (χ0v) is 15.8. The van der Waals surface area contributed by atoms with Crippen LogP contribution in [0.15, 0.2) is 24.3 Å². The summed E-state index contributed by atoms with van der Waals surface area (Å²) >= 11 is 7.36. The summed E-state index contributed by atoms with van der Waals surface area (Å²) in [4.78, 5) is 26.2. The molecule has 1 N–H and O–H groups in total. The molecule has 6 heteroatoms. The minimum Gasteiger partial charge on any atom is -0.462 e. The Morgan fingerprint density at radius 2 is 2.04 bits per heavy atom. The number of carbonyl (C=O) groups excluding carboxylic acids is 2. The number of ether oxygens (including phenoxy) is 1. The number of rotatable bonds is 4. The predicted molar refractivity (Wildman–Crippen MR) is 101 cm³/mol. The number of nitrogens with one attached hydrogen (secondary N) is 1. The van der Waals surface area contributed by atoms with Gasteiger partial charge in [-0.15, -0.1) is 11.3 Å². The highest BCUT2D eigenvalue weighted by atomic mass is 35.5. The van der Waals surface area contributed by atoms with E-state index in [9.17, 15) is 9.59 Å². The third kappa shape index (κ3) is 3.72. The van der Waals surface area contributed by atoms with E-state index in [-0.39, 0.29) is 11.9 Å². The lowest BCUT2D eigenvalue weighted by molar-refractivity contribution is 0.0526. The highest BCUT2D eigenvalue weighted by Gasteiger charge is 2.30. The van der Waals surface area contributed by atoms with E-state index in [0.29, 0.717) is 33.7 Å².